The first-order valence-corrected chi connectivity index (χ1v) is 10.9. The number of amides is 2. The molecule has 2 N–H and O–H groups in total. The number of carbonyl (C=O) groups excluding carboxylic acids is 2. The predicted molar refractivity (Wildman–Crippen MR) is 121 cm³/mol. The predicted octanol–water partition coefficient (Wildman–Crippen LogP) is 4.74. The van der Waals surface area contributed by atoms with Crippen molar-refractivity contribution in [3.05, 3.63) is 53.1 Å². The van der Waals surface area contributed by atoms with Crippen molar-refractivity contribution in [1.82, 2.24) is 10.3 Å². The first-order valence-electron chi connectivity index (χ1n) is 9.99. The molecule has 2 amide bonds. The van der Waals surface area contributed by atoms with Crippen LogP contribution in [0.4, 0.5) is 5.13 Å². The van der Waals surface area contributed by atoms with Crippen LogP contribution in [0.25, 0.3) is 11.5 Å². The maximum Gasteiger partial charge on any atom is 0.266 e. The zero-order valence-corrected chi connectivity index (χ0v) is 19.1. The Bertz CT molecular complexity index is 1050. The van der Waals surface area contributed by atoms with Crippen LogP contribution in [-0.2, 0) is 21.5 Å². The zero-order chi connectivity index (χ0) is 22.6. The van der Waals surface area contributed by atoms with E-state index in [-0.39, 0.29) is 17.2 Å². The van der Waals surface area contributed by atoms with Gasteiger partial charge in [-0.05, 0) is 42.2 Å². The lowest BCUT2D eigenvalue weighted by atomic mass is 9.87. The van der Waals surface area contributed by atoms with Gasteiger partial charge in [-0.1, -0.05) is 32.9 Å². The van der Waals surface area contributed by atoms with Gasteiger partial charge in [0, 0.05) is 12.3 Å². The third-order valence-electron chi connectivity index (χ3n) is 4.56. The molecule has 0 radical (unpaired) electrons. The summed E-state index contributed by atoms with van der Waals surface area (Å²) in [6.45, 7) is 9.90. The number of nitrogens with zero attached hydrogens (tertiary/aromatic N) is 1. The quantitative estimate of drug-likeness (QED) is 0.552. The maximum atomic E-state index is 12.5. The van der Waals surface area contributed by atoms with Crippen molar-refractivity contribution < 1.29 is 18.7 Å². The molecule has 0 fully saturated rings. The van der Waals surface area contributed by atoms with Gasteiger partial charge in [0.15, 0.2) is 17.0 Å². The second kappa shape index (κ2) is 9.34. The van der Waals surface area contributed by atoms with Crippen LogP contribution in [0.5, 0.6) is 5.75 Å². The topological polar surface area (TPSA) is 93.5 Å². The lowest BCUT2D eigenvalue weighted by molar-refractivity contribution is -0.122. The summed E-state index contributed by atoms with van der Waals surface area (Å²) in [7, 11) is 0. The van der Waals surface area contributed by atoms with Gasteiger partial charge in [0.1, 0.15) is 17.2 Å². The minimum atomic E-state index is -0.680. The van der Waals surface area contributed by atoms with Crippen LogP contribution in [-0.4, -0.2) is 22.9 Å². The highest BCUT2D eigenvalue weighted by molar-refractivity contribution is 7.14. The highest BCUT2D eigenvalue weighted by atomic mass is 32.1. The van der Waals surface area contributed by atoms with Gasteiger partial charge < -0.3 is 14.5 Å². The standard InChI is InChI=1S/C23H27N3O4S/c1-14(29-17-8-6-16(7-9-17)23(3,4)5)21(28)26-22-25-19(13-31-22)20-11-10-18(30-20)12-24-15(2)27/h6-11,13-14H,12H2,1-5H3,(H,24,27)(H,25,26,28). The molecule has 0 bridgehead atoms. The van der Waals surface area contributed by atoms with E-state index in [1.807, 2.05) is 24.3 Å². The summed E-state index contributed by atoms with van der Waals surface area (Å²) in [5, 5.41) is 7.71. The van der Waals surface area contributed by atoms with Gasteiger partial charge in [-0.3, -0.25) is 14.9 Å². The Hall–Kier alpha value is -3.13. The van der Waals surface area contributed by atoms with E-state index in [0.717, 1.165) is 0 Å². The van der Waals surface area contributed by atoms with Crippen molar-refractivity contribution in [1.29, 1.82) is 0 Å². The second-order valence-corrected chi connectivity index (χ2v) is 9.10. The molecular formula is C23H27N3O4S. The Morgan fingerprint density at radius 1 is 1.16 bits per heavy atom. The monoisotopic (exact) mass is 441 g/mol. The van der Waals surface area contributed by atoms with Crippen LogP contribution < -0.4 is 15.4 Å². The number of anilines is 1. The lowest BCUT2D eigenvalue weighted by Gasteiger charge is -2.20. The van der Waals surface area contributed by atoms with Crippen molar-refractivity contribution >= 4 is 28.3 Å². The largest absolute Gasteiger partial charge is 0.481 e. The van der Waals surface area contributed by atoms with Crippen LogP contribution in [0, 0.1) is 0 Å². The van der Waals surface area contributed by atoms with Crippen LogP contribution >= 0.6 is 11.3 Å². The van der Waals surface area contributed by atoms with Crippen molar-refractivity contribution in [3.63, 3.8) is 0 Å². The van der Waals surface area contributed by atoms with Gasteiger partial charge in [0.05, 0.1) is 6.54 Å². The number of hydrogen-bond acceptors (Lipinski definition) is 6. The Kier molecular flexibility index (Phi) is 6.80. The molecule has 3 aromatic rings. The fourth-order valence-corrected chi connectivity index (χ4v) is 3.47. The Labute approximate surface area is 185 Å². The molecule has 8 heteroatoms. The molecular weight excluding hydrogens is 414 g/mol. The molecule has 1 unspecified atom stereocenters. The molecule has 0 saturated heterocycles. The van der Waals surface area contributed by atoms with Gasteiger partial charge in [-0.2, -0.15) is 0 Å². The van der Waals surface area contributed by atoms with E-state index in [1.54, 1.807) is 24.4 Å². The second-order valence-electron chi connectivity index (χ2n) is 8.24. The van der Waals surface area contributed by atoms with Crippen molar-refractivity contribution in [2.45, 2.75) is 52.7 Å². The molecule has 1 atom stereocenters. The summed E-state index contributed by atoms with van der Waals surface area (Å²) in [5.41, 5.74) is 1.87. The minimum Gasteiger partial charge on any atom is -0.481 e. The fraction of sp³-hybridized carbons (Fsp3) is 0.348. The van der Waals surface area contributed by atoms with E-state index < -0.39 is 6.10 Å². The SMILES string of the molecule is CC(=O)NCc1ccc(-c2csc(NC(=O)C(C)Oc3ccc(C(C)(C)C)cc3)n2)o1. The summed E-state index contributed by atoms with van der Waals surface area (Å²) in [6.07, 6.45) is -0.680. The number of ether oxygens (including phenoxy) is 1. The molecule has 3 rings (SSSR count). The lowest BCUT2D eigenvalue weighted by Crippen LogP contribution is -2.30. The molecule has 2 heterocycles. The number of hydrogen-bond donors (Lipinski definition) is 2. The van der Waals surface area contributed by atoms with Crippen molar-refractivity contribution in [2.24, 2.45) is 0 Å². The van der Waals surface area contributed by atoms with Crippen molar-refractivity contribution in [3.8, 4) is 17.2 Å². The van der Waals surface area contributed by atoms with E-state index >= 15 is 0 Å². The molecule has 0 aliphatic heterocycles. The highest BCUT2D eigenvalue weighted by Gasteiger charge is 2.18. The first-order chi connectivity index (χ1) is 14.6. The minimum absolute atomic E-state index is 0.0583. The van der Waals surface area contributed by atoms with Gasteiger partial charge in [0.25, 0.3) is 5.91 Å². The number of furan rings is 1. The number of aromatic nitrogens is 1. The van der Waals surface area contributed by atoms with Crippen LogP contribution in [0.2, 0.25) is 0 Å². The molecule has 0 aliphatic rings. The first kappa shape index (κ1) is 22.6. The summed E-state index contributed by atoms with van der Waals surface area (Å²) >= 11 is 1.30. The Morgan fingerprint density at radius 2 is 1.87 bits per heavy atom. The molecule has 0 aliphatic carbocycles. The average molecular weight is 442 g/mol. The number of carbonyl (C=O) groups is 2. The van der Waals surface area contributed by atoms with Gasteiger partial charge >= 0.3 is 0 Å². The molecule has 1 aromatic carbocycles. The fourth-order valence-electron chi connectivity index (χ4n) is 2.76. The van der Waals surface area contributed by atoms with E-state index in [4.69, 9.17) is 9.15 Å². The molecule has 7 nitrogen and oxygen atoms in total. The van der Waals surface area contributed by atoms with Crippen LogP contribution in [0.3, 0.4) is 0 Å². The third kappa shape index (κ3) is 6.18. The Morgan fingerprint density at radius 3 is 2.52 bits per heavy atom. The smallest absolute Gasteiger partial charge is 0.266 e. The van der Waals surface area contributed by atoms with Gasteiger partial charge in [-0.25, -0.2) is 4.98 Å². The third-order valence-corrected chi connectivity index (χ3v) is 5.32. The molecule has 31 heavy (non-hydrogen) atoms. The van der Waals surface area contributed by atoms with E-state index in [0.29, 0.717) is 34.6 Å². The number of rotatable bonds is 7. The highest BCUT2D eigenvalue weighted by Crippen LogP contribution is 2.27. The van der Waals surface area contributed by atoms with E-state index in [1.165, 1.54) is 23.8 Å². The molecule has 2 aromatic heterocycles. The van der Waals surface area contributed by atoms with Crippen LogP contribution in [0.1, 0.15) is 45.9 Å². The molecule has 164 valence electrons. The zero-order valence-electron chi connectivity index (χ0n) is 18.3. The summed E-state index contributed by atoms with van der Waals surface area (Å²) in [6, 6.07) is 11.3. The normalized spacial score (nSPS) is 12.3. The van der Waals surface area contributed by atoms with Gasteiger partial charge in [-0.15, -0.1) is 11.3 Å². The number of thiazole rings is 1. The summed E-state index contributed by atoms with van der Waals surface area (Å²) in [4.78, 5) is 27.9. The number of nitrogens with one attached hydrogen (secondary N) is 2. The Balaban J connectivity index is 1.57. The summed E-state index contributed by atoms with van der Waals surface area (Å²) < 4.78 is 11.5. The van der Waals surface area contributed by atoms with Crippen molar-refractivity contribution in [2.75, 3.05) is 5.32 Å². The van der Waals surface area contributed by atoms with Gasteiger partial charge in [0.2, 0.25) is 5.91 Å². The maximum absolute atomic E-state index is 12.5. The molecule has 0 spiro atoms. The van der Waals surface area contributed by atoms with E-state index in [2.05, 4.69) is 36.4 Å². The molecule has 0 saturated carbocycles. The number of benzene rings is 1. The van der Waals surface area contributed by atoms with Crippen LogP contribution in [0.15, 0.2) is 46.2 Å². The van der Waals surface area contributed by atoms with E-state index in [9.17, 15) is 9.59 Å². The average Bonchev–Trinajstić information content (AvgIpc) is 3.35. The summed E-state index contributed by atoms with van der Waals surface area (Å²) in [5.74, 6) is 1.42.